The molecule has 1 aliphatic rings. The number of hydrogen-bond donors (Lipinski definition) is 2. The number of carbonyl (C=O) groups is 1. The standard InChI is InChI=1S/C30H31N5O2S/c1-20-13-14-22(19-21(20)2)34-17-8-11-25(34)29-28(24-10-6-7-16-31-24)33-30(38)35(29)18-15-27(36)32-23-9-4-5-12-26(23)37-3/h4-14,16-17,19,28-29H,15,18H2,1-3H3,(H,32,36)(H,33,38)/t28-,29+/m1/s1. The van der Waals surface area contributed by atoms with Crippen molar-refractivity contribution in [3.63, 3.8) is 0 Å². The van der Waals surface area contributed by atoms with E-state index in [0.717, 1.165) is 17.1 Å². The summed E-state index contributed by atoms with van der Waals surface area (Å²) in [6.45, 7) is 4.68. The number of benzene rings is 2. The lowest BCUT2D eigenvalue weighted by Gasteiger charge is -2.29. The van der Waals surface area contributed by atoms with Crippen LogP contribution in [-0.2, 0) is 4.79 Å². The van der Waals surface area contributed by atoms with Crippen LogP contribution in [-0.4, -0.2) is 39.1 Å². The Morgan fingerprint density at radius 1 is 1.05 bits per heavy atom. The minimum atomic E-state index is -0.166. The molecule has 0 spiro atoms. The molecule has 8 heteroatoms. The van der Waals surface area contributed by atoms with E-state index >= 15 is 0 Å². The lowest BCUT2D eigenvalue weighted by molar-refractivity contribution is -0.116. The van der Waals surface area contributed by atoms with Gasteiger partial charge in [-0.25, -0.2) is 0 Å². The fraction of sp³-hybridized carbons (Fsp3) is 0.233. The molecule has 1 saturated heterocycles. The van der Waals surface area contributed by atoms with Crippen molar-refractivity contribution in [1.82, 2.24) is 19.8 Å². The molecule has 2 aromatic carbocycles. The number of nitrogens with one attached hydrogen (secondary N) is 2. The van der Waals surface area contributed by atoms with Crippen LogP contribution in [0.5, 0.6) is 5.75 Å². The number of hydrogen-bond acceptors (Lipinski definition) is 4. The molecule has 0 saturated carbocycles. The summed E-state index contributed by atoms with van der Waals surface area (Å²) >= 11 is 5.81. The molecular weight excluding hydrogens is 494 g/mol. The zero-order valence-electron chi connectivity index (χ0n) is 21.7. The summed E-state index contributed by atoms with van der Waals surface area (Å²) in [7, 11) is 1.59. The van der Waals surface area contributed by atoms with Gasteiger partial charge in [-0.3, -0.25) is 9.78 Å². The molecule has 2 N–H and O–H groups in total. The maximum Gasteiger partial charge on any atom is 0.226 e. The Morgan fingerprint density at radius 3 is 2.63 bits per heavy atom. The molecule has 2 atom stereocenters. The topological polar surface area (TPSA) is 71.4 Å². The highest BCUT2D eigenvalue weighted by Crippen LogP contribution is 2.39. The van der Waals surface area contributed by atoms with Crippen molar-refractivity contribution in [1.29, 1.82) is 0 Å². The molecular formula is C30H31N5O2S. The first-order valence-electron chi connectivity index (χ1n) is 12.6. The molecule has 5 rings (SSSR count). The van der Waals surface area contributed by atoms with Gasteiger partial charge in [0.2, 0.25) is 5.91 Å². The van der Waals surface area contributed by atoms with Crippen LogP contribution < -0.4 is 15.4 Å². The van der Waals surface area contributed by atoms with Crippen molar-refractivity contribution in [2.24, 2.45) is 0 Å². The number of aryl methyl sites for hydroxylation is 2. The lowest BCUT2D eigenvalue weighted by Crippen LogP contribution is -2.33. The first kappa shape index (κ1) is 25.5. The van der Waals surface area contributed by atoms with E-state index in [1.165, 1.54) is 11.1 Å². The first-order valence-corrected chi connectivity index (χ1v) is 13.0. The second-order valence-corrected chi connectivity index (χ2v) is 9.78. The summed E-state index contributed by atoms with van der Waals surface area (Å²) in [6.07, 6.45) is 4.13. The predicted octanol–water partition coefficient (Wildman–Crippen LogP) is 5.50. The highest BCUT2D eigenvalue weighted by Gasteiger charge is 2.41. The average Bonchev–Trinajstić information content (AvgIpc) is 3.54. The summed E-state index contributed by atoms with van der Waals surface area (Å²) in [4.78, 5) is 19.7. The Morgan fingerprint density at radius 2 is 1.87 bits per heavy atom. The van der Waals surface area contributed by atoms with Crippen LogP contribution in [0.25, 0.3) is 5.69 Å². The van der Waals surface area contributed by atoms with Gasteiger partial charge in [0.05, 0.1) is 30.6 Å². The predicted molar refractivity (Wildman–Crippen MR) is 154 cm³/mol. The highest BCUT2D eigenvalue weighted by molar-refractivity contribution is 7.80. The van der Waals surface area contributed by atoms with Gasteiger partial charge < -0.3 is 24.8 Å². The van der Waals surface area contributed by atoms with Crippen LogP contribution in [0.4, 0.5) is 5.69 Å². The Balaban J connectivity index is 1.45. The molecule has 1 aliphatic heterocycles. The van der Waals surface area contributed by atoms with Crippen molar-refractivity contribution in [3.8, 4) is 11.4 Å². The Bertz CT molecular complexity index is 1450. The van der Waals surface area contributed by atoms with Crippen LogP contribution in [0, 0.1) is 13.8 Å². The molecule has 7 nitrogen and oxygen atoms in total. The fourth-order valence-electron chi connectivity index (χ4n) is 4.90. The second-order valence-electron chi connectivity index (χ2n) is 9.39. The molecule has 4 aromatic rings. The zero-order chi connectivity index (χ0) is 26.6. The van der Waals surface area contributed by atoms with E-state index in [-0.39, 0.29) is 24.4 Å². The quantitative estimate of drug-likeness (QED) is 0.296. The number of nitrogens with zero attached hydrogens (tertiary/aromatic N) is 3. The third-order valence-corrected chi connectivity index (χ3v) is 7.36. The summed E-state index contributed by atoms with van der Waals surface area (Å²) in [5.74, 6) is 0.514. The van der Waals surface area contributed by atoms with E-state index in [1.54, 1.807) is 13.3 Å². The third kappa shape index (κ3) is 5.13. The number of anilines is 1. The average molecular weight is 526 g/mol. The summed E-state index contributed by atoms with van der Waals surface area (Å²) in [5, 5.41) is 7.05. The number of thiocarbonyl (C=S) groups is 1. The zero-order valence-corrected chi connectivity index (χ0v) is 22.5. The highest BCUT2D eigenvalue weighted by atomic mass is 32.1. The number of ether oxygens (including phenoxy) is 1. The largest absolute Gasteiger partial charge is 0.495 e. The molecule has 194 valence electrons. The molecule has 0 radical (unpaired) electrons. The number of pyridine rings is 1. The SMILES string of the molecule is COc1ccccc1NC(=O)CCN1C(=S)N[C@H](c2ccccn2)[C@@H]1c1cccn1-c1ccc(C)c(C)c1. The number of para-hydroxylation sites is 2. The van der Waals surface area contributed by atoms with Gasteiger partial charge in [-0.05, 0) is 85.7 Å². The van der Waals surface area contributed by atoms with Gasteiger partial charge in [-0.15, -0.1) is 0 Å². The van der Waals surface area contributed by atoms with Crippen LogP contribution in [0.15, 0.2) is 85.2 Å². The molecule has 3 heterocycles. The van der Waals surface area contributed by atoms with Crippen LogP contribution in [0.2, 0.25) is 0 Å². The summed E-state index contributed by atoms with van der Waals surface area (Å²) < 4.78 is 7.57. The van der Waals surface area contributed by atoms with E-state index < -0.39 is 0 Å². The number of rotatable bonds is 8. The lowest BCUT2D eigenvalue weighted by atomic mass is 10.0. The molecule has 38 heavy (non-hydrogen) atoms. The fourth-order valence-corrected chi connectivity index (χ4v) is 5.23. The molecule has 1 amide bonds. The van der Waals surface area contributed by atoms with Crippen LogP contribution >= 0.6 is 12.2 Å². The van der Waals surface area contributed by atoms with E-state index in [1.807, 2.05) is 48.5 Å². The van der Waals surface area contributed by atoms with Crippen molar-refractivity contribution in [3.05, 3.63) is 108 Å². The van der Waals surface area contributed by atoms with Crippen LogP contribution in [0.3, 0.4) is 0 Å². The second kappa shape index (κ2) is 11.1. The van der Waals surface area contributed by atoms with Crippen molar-refractivity contribution in [2.75, 3.05) is 19.0 Å². The maximum atomic E-state index is 13.0. The number of carbonyl (C=O) groups excluding carboxylic acids is 1. The number of methoxy groups -OCH3 is 1. The molecule has 2 aromatic heterocycles. The van der Waals surface area contributed by atoms with Gasteiger partial charge in [0, 0.05) is 36.7 Å². The van der Waals surface area contributed by atoms with E-state index in [9.17, 15) is 4.79 Å². The minimum Gasteiger partial charge on any atom is -0.495 e. The van der Waals surface area contributed by atoms with Crippen molar-refractivity contribution < 1.29 is 9.53 Å². The Kier molecular flexibility index (Phi) is 7.42. The van der Waals surface area contributed by atoms with Crippen molar-refractivity contribution in [2.45, 2.75) is 32.4 Å². The minimum absolute atomic E-state index is 0.109. The Labute approximate surface area is 228 Å². The number of amides is 1. The van der Waals surface area contributed by atoms with Gasteiger partial charge in [-0.2, -0.15) is 0 Å². The third-order valence-electron chi connectivity index (χ3n) is 7.01. The van der Waals surface area contributed by atoms with Gasteiger partial charge in [-0.1, -0.05) is 24.3 Å². The van der Waals surface area contributed by atoms with Crippen molar-refractivity contribution >= 4 is 28.9 Å². The maximum absolute atomic E-state index is 13.0. The van der Waals surface area contributed by atoms with Gasteiger partial charge in [0.15, 0.2) is 5.11 Å². The van der Waals surface area contributed by atoms with Gasteiger partial charge in [0.25, 0.3) is 0 Å². The smallest absolute Gasteiger partial charge is 0.226 e. The van der Waals surface area contributed by atoms with E-state index in [2.05, 4.69) is 69.4 Å². The monoisotopic (exact) mass is 525 g/mol. The first-order chi connectivity index (χ1) is 18.5. The molecule has 0 aliphatic carbocycles. The Hall–Kier alpha value is -4.17. The summed E-state index contributed by atoms with van der Waals surface area (Å²) in [5.41, 5.74) is 6.18. The van der Waals surface area contributed by atoms with Gasteiger partial charge >= 0.3 is 0 Å². The normalized spacial score (nSPS) is 16.8. The molecule has 0 unspecified atom stereocenters. The van der Waals surface area contributed by atoms with Crippen LogP contribution in [0.1, 0.15) is 41.0 Å². The van der Waals surface area contributed by atoms with E-state index in [0.29, 0.717) is 23.1 Å². The number of aromatic nitrogens is 2. The van der Waals surface area contributed by atoms with Gasteiger partial charge in [0.1, 0.15) is 5.75 Å². The molecule has 0 bridgehead atoms. The molecule has 1 fully saturated rings. The van der Waals surface area contributed by atoms with E-state index in [4.69, 9.17) is 17.0 Å². The summed E-state index contributed by atoms with van der Waals surface area (Å²) in [6, 6.07) is 23.6.